The molecule has 22 heavy (non-hydrogen) atoms. The number of halogens is 3. The van der Waals surface area contributed by atoms with E-state index in [0.717, 1.165) is 31.5 Å². The molecule has 0 N–H and O–H groups in total. The number of hydrogen-bond donors (Lipinski definition) is 0. The number of nitrogens with zero attached hydrogens (tertiary/aromatic N) is 5. The van der Waals surface area contributed by atoms with Gasteiger partial charge in [0.1, 0.15) is 5.82 Å². The summed E-state index contributed by atoms with van der Waals surface area (Å²) in [5.41, 5.74) is -0.651. The van der Waals surface area contributed by atoms with Crippen molar-refractivity contribution in [3.05, 3.63) is 36.3 Å². The first-order chi connectivity index (χ1) is 10.5. The summed E-state index contributed by atoms with van der Waals surface area (Å²) in [5, 5.41) is 7.71. The van der Waals surface area contributed by atoms with Crippen molar-refractivity contribution in [1.29, 1.82) is 0 Å². The quantitative estimate of drug-likeness (QED) is 0.874. The first-order valence-electron chi connectivity index (χ1n) is 7.14. The van der Waals surface area contributed by atoms with Crippen molar-refractivity contribution in [3.63, 3.8) is 0 Å². The number of aromatic nitrogens is 4. The molecule has 0 radical (unpaired) electrons. The molecule has 1 aliphatic rings. The smallest absolute Gasteiger partial charge is 0.357 e. The summed E-state index contributed by atoms with van der Waals surface area (Å²) in [4.78, 5) is 5.99. The first-order valence-corrected chi connectivity index (χ1v) is 7.14. The lowest BCUT2D eigenvalue weighted by Gasteiger charge is -2.32. The number of piperidine rings is 1. The van der Waals surface area contributed by atoms with Crippen LogP contribution in [0.15, 0.2) is 30.7 Å². The first kappa shape index (κ1) is 14.8. The molecular formula is C14H16F3N5. The zero-order valence-corrected chi connectivity index (χ0v) is 11.9. The fourth-order valence-electron chi connectivity index (χ4n) is 2.71. The third-order valence-corrected chi connectivity index (χ3v) is 3.93. The average Bonchev–Trinajstić information content (AvgIpc) is 3.00. The van der Waals surface area contributed by atoms with Crippen LogP contribution in [0.3, 0.4) is 0 Å². The second-order valence-electron chi connectivity index (χ2n) is 5.46. The van der Waals surface area contributed by atoms with Gasteiger partial charge in [-0.3, -0.25) is 4.68 Å². The molecule has 2 aromatic heterocycles. The van der Waals surface area contributed by atoms with Gasteiger partial charge >= 0.3 is 6.18 Å². The van der Waals surface area contributed by atoms with Crippen LogP contribution < -0.4 is 4.90 Å². The number of pyridine rings is 1. The molecule has 0 atom stereocenters. The fourth-order valence-corrected chi connectivity index (χ4v) is 2.71. The molecule has 5 nitrogen and oxygen atoms in total. The van der Waals surface area contributed by atoms with E-state index in [1.165, 1.54) is 6.20 Å². The van der Waals surface area contributed by atoms with Crippen LogP contribution in [0.2, 0.25) is 0 Å². The second kappa shape index (κ2) is 5.94. The van der Waals surface area contributed by atoms with Crippen LogP contribution in [0.4, 0.5) is 19.0 Å². The van der Waals surface area contributed by atoms with E-state index in [4.69, 9.17) is 0 Å². The summed E-state index contributed by atoms with van der Waals surface area (Å²) in [6, 6.07) is 2.12. The molecule has 1 saturated heterocycles. The molecule has 0 bridgehead atoms. The maximum absolute atomic E-state index is 12.7. The van der Waals surface area contributed by atoms with E-state index < -0.39 is 11.7 Å². The van der Waals surface area contributed by atoms with Crippen LogP contribution >= 0.6 is 0 Å². The molecule has 8 heteroatoms. The molecule has 2 aromatic rings. The van der Waals surface area contributed by atoms with Gasteiger partial charge in [-0.15, -0.1) is 5.10 Å². The Balaban J connectivity index is 1.61. The molecule has 0 amide bonds. The van der Waals surface area contributed by atoms with E-state index in [-0.39, 0.29) is 0 Å². The molecule has 3 heterocycles. The van der Waals surface area contributed by atoms with Gasteiger partial charge in [0.15, 0.2) is 0 Å². The Hall–Kier alpha value is -2.12. The van der Waals surface area contributed by atoms with Gasteiger partial charge in [0.25, 0.3) is 0 Å². The zero-order chi connectivity index (χ0) is 15.6. The molecule has 0 spiro atoms. The van der Waals surface area contributed by atoms with Gasteiger partial charge in [0, 0.05) is 32.0 Å². The lowest BCUT2D eigenvalue weighted by Crippen LogP contribution is -2.35. The van der Waals surface area contributed by atoms with Gasteiger partial charge in [-0.2, -0.15) is 13.2 Å². The minimum atomic E-state index is -4.33. The molecule has 1 aliphatic heterocycles. The van der Waals surface area contributed by atoms with Crippen LogP contribution in [-0.4, -0.2) is 33.1 Å². The van der Waals surface area contributed by atoms with Crippen LogP contribution in [-0.2, 0) is 12.7 Å². The van der Waals surface area contributed by atoms with Gasteiger partial charge < -0.3 is 4.90 Å². The zero-order valence-electron chi connectivity index (χ0n) is 11.9. The highest BCUT2D eigenvalue weighted by atomic mass is 19.4. The maximum Gasteiger partial charge on any atom is 0.416 e. The number of anilines is 1. The molecule has 0 aliphatic carbocycles. The van der Waals surface area contributed by atoms with E-state index in [0.29, 0.717) is 24.8 Å². The summed E-state index contributed by atoms with van der Waals surface area (Å²) in [6.07, 6.45) is 2.15. The minimum absolute atomic E-state index is 0.397. The van der Waals surface area contributed by atoms with Crippen molar-refractivity contribution < 1.29 is 13.2 Å². The van der Waals surface area contributed by atoms with E-state index >= 15 is 0 Å². The van der Waals surface area contributed by atoms with Gasteiger partial charge in [0.05, 0.1) is 11.8 Å². The topological polar surface area (TPSA) is 46.8 Å². The largest absolute Gasteiger partial charge is 0.416 e. The summed E-state index contributed by atoms with van der Waals surface area (Å²) in [6.45, 7) is 2.20. The predicted octanol–water partition coefficient (Wildman–Crippen LogP) is 2.61. The lowest BCUT2D eigenvalue weighted by atomic mass is 9.97. The number of hydrogen-bond acceptors (Lipinski definition) is 4. The Morgan fingerprint density at radius 1 is 1.18 bits per heavy atom. The monoisotopic (exact) mass is 311 g/mol. The molecule has 118 valence electrons. The van der Waals surface area contributed by atoms with Gasteiger partial charge in [-0.05, 0) is 30.9 Å². The van der Waals surface area contributed by atoms with Crippen LogP contribution in [0.25, 0.3) is 0 Å². The Morgan fingerprint density at radius 2 is 1.95 bits per heavy atom. The Kier molecular flexibility index (Phi) is 4.00. The van der Waals surface area contributed by atoms with Crippen molar-refractivity contribution in [2.24, 2.45) is 5.92 Å². The third-order valence-electron chi connectivity index (χ3n) is 3.93. The Bertz CT molecular complexity index is 603. The van der Waals surface area contributed by atoms with Crippen molar-refractivity contribution in [3.8, 4) is 0 Å². The average molecular weight is 311 g/mol. The van der Waals surface area contributed by atoms with Crippen LogP contribution in [0.1, 0.15) is 18.4 Å². The molecule has 0 unspecified atom stereocenters. The predicted molar refractivity (Wildman–Crippen MR) is 74.2 cm³/mol. The number of rotatable bonds is 3. The molecule has 0 saturated carbocycles. The number of alkyl halides is 3. The summed E-state index contributed by atoms with van der Waals surface area (Å²) < 4.78 is 40.0. The molecule has 1 fully saturated rings. The van der Waals surface area contributed by atoms with Crippen LogP contribution in [0, 0.1) is 5.92 Å². The summed E-state index contributed by atoms with van der Waals surface area (Å²) >= 11 is 0. The van der Waals surface area contributed by atoms with Gasteiger partial charge in [0.2, 0.25) is 0 Å². The normalized spacial score (nSPS) is 17.0. The highest BCUT2D eigenvalue weighted by Crippen LogP contribution is 2.31. The van der Waals surface area contributed by atoms with Crippen molar-refractivity contribution >= 4 is 5.82 Å². The molecular weight excluding hydrogens is 295 g/mol. The Morgan fingerprint density at radius 3 is 2.59 bits per heavy atom. The van der Waals surface area contributed by atoms with Crippen molar-refractivity contribution in [1.82, 2.24) is 20.0 Å². The Labute approximate surface area is 125 Å². The van der Waals surface area contributed by atoms with E-state index in [2.05, 4.69) is 15.3 Å². The fraction of sp³-hybridized carbons (Fsp3) is 0.500. The third kappa shape index (κ3) is 3.37. The van der Waals surface area contributed by atoms with E-state index in [9.17, 15) is 13.2 Å². The van der Waals surface area contributed by atoms with E-state index in [1.54, 1.807) is 10.9 Å². The second-order valence-corrected chi connectivity index (χ2v) is 5.46. The minimum Gasteiger partial charge on any atom is -0.357 e. The highest BCUT2D eigenvalue weighted by molar-refractivity contribution is 5.42. The van der Waals surface area contributed by atoms with Crippen molar-refractivity contribution in [2.75, 3.05) is 18.0 Å². The maximum atomic E-state index is 12.7. The van der Waals surface area contributed by atoms with Gasteiger partial charge in [-0.1, -0.05) is 5.21 Å². The standard InChI is InChI=1S/C14H16F3N5/c15-14(16,17)12-1-4-18-13(9-12)21-6-2-11(3-7-21)10-22-8-5-19-20-22/h1,4-5,8-9,11H,2-3,6-7,10H2. The van der Waals surface area contributed by atoms with Crippen molar-refractivity contribution in [2.45, 2.75) is 25.6 Å². The summed E-state index contributed by atoms with van der Waals surface area (Å²) in [5.74, 6) is 0.859. The van der Waals surface area contributed by atoms with Gasteiger partial charge in [-0.25, -0.2) is 4.98 Å². The lowest BCUT2D eigenvalue weighted by molar-refractivity contribution is -0.137. The molecule has 0 aromatic carbocycles. The molecule has 3 rings (SSSR count). The van der Waals surface area contributed by atoms with Crippen LogP contribution in [0.5, 0.6) is 0 Å². The summed E-state index contributed by atoms with van der Waals surface area (Å²) in [7, 11) is 0. The highest BCUT2D eigenvalue weighted by Gasteiger charge is 2.31. The SMILES string of the molecule is FC(F)(F)c1ccnc(N2CCC(Cn3ccnn3)CC2)c1. The van der Waals surface area contributed by atoms with E-state index in [1.807, 2.05) is 11.1 Å².